The SMILES string of the molecule is CC(C)(CCC1OCCCO1)C1CCC(P(c2ccccc2)c2ccccc2)C1.[H-].[Li+]. The van der Waals surface area contributed by atoms with Gasteiger partial charge < -0.3 is 10.9 Å². The minimum absolute atomic E-state index is 0. The normalized spacial score (nSPS) is 22.8. The van der Waals surface area contributed by atoms with Crippen molar-refractivity contribution in [1.29, 1.82) is 0 Å². The van der Waals surface area contributed by atoms with Crippen molar-refractivity contribution < 1.29 is 29.8 Å². The molecule has 1 aliphatic carbocycles. The first-order valence-corrected chi connectivity index (χ1v) is 12.7. The van der Waals surface area contributed by atoms with Crippen molar-refractivity contribution in [3.63, 3.8) is 0 Å². The molecule has 0 spiro atoms. The van der Waals surface area contributed by atoms with Crippen LogP contribution >= 0.6 is 7.92 Å². The van der Waals surface area contributed by atoms with Gasteiger partial charge in [-0.15, -0.1) is 0 Å². The van der Waals surface area contributed by atoms with Gasteiger partial charge in [0.15, 0.2) is 6.29 Å². The minimum atomic E-state index is -0.297. The monoisotopic (exact) mass is 418 g/mol. The van der Waals surface area contributed by atoms with Gasteiger partial charge in [-0.05, 0) is 74.0 Å². The summed E-state index contributed by atoms with van der Waals surface area (Å²) < 4.78 is 11.6. The van der Waals surface area contributed by atoms with Gasteiger partial charge in [-0.1, -0.05) is 74.5 Å². The molecule has 0 amide bonds. The van der Waals surface area contributed by atoms with Crippen molar-refractivity contribution >= 4 is 18.5 Å². The van der Waals surface area contributed by atoms with E-state index < -0.39 is 0 Å². The quantitative estimate of drug-likeness (QED) is 0.509. The molecule has 1 aliphatic heterocycles. The van der Waals surface area contributed by atoms with Crippen molar-refractivity contribution in [2.24, 2.45) is 11.3 Å². The van der Waals surface area contributed by atoms with Gasteiger partial charge in [0.25, 0.3) is 0 Å². The molecule has 1 heterocycles. The van der Waals surface area contributed by atoms with E-state index in [2.05, 4.69) is 74.5 Å². The molecule has 0 radical (unpaired) electrons. The second-order valence-corrected chi connectivity index (χ2v) is 11.8. The van der Waals surface area contributed by atoms with E-state index in [1.165, 1.54) is 36.3 Å². The van der Waals surface area contributed by atoms with Gasteiger partial charge in [0.2, 0.25) is 0 Å². The van der Waals surface area contributed by atoms with Crippen molar-refractivity contribution in [2.75, 3.05) is 13.2 Å². The molecule has 4 rings (SSSR count). The van der Waals surface area contributed by atoms with Crippen LogP contribution in [0.2, 0.25) is 0 Å². The maximum absolute atomic E-state index is 5.79. The average Bonchev–Trinajstić information content (AvgIpc) is 3.26. The zero-order valence-corrected chi connectivity index (χ0v) is 19.8. The second kappa shape index (κ2) is 11.3. The first kappa shape index (κ1) is 24.0. The fourth-order valence-electron chi connectivity index (χ4n) is 5.05. The third kappa shape index (κ3) is 6.00. The first-order chi connectivity index (χ1) is 14.1. The Balaban J connectivity index is 0.00000171. The number of hydrogen-bond acceptors (Lipinski definition) is 2. The molecule has 1 saturated carbocycles. The van der Waals surface area contributed by atoms with E-state index in [4.69, 9.17) is 9.47 Å². The molecular weight excluding hydrogens is 382 g/mol. The summed E-state index contributed by atoms with van der Waals surface area (Å²) in [6, 6.07) is 22.5. The first-order valence-electron chi connectivity index (χ1n) is 11.3. The fraction of sp³-hybridized carbons (Fsp3) is 0.538. The summed E-state index contributed by atoms with van der Waals surface area (Å²) in [7, 11) is -0.297. The van der Waals surface area contributed by atoms with Crippen LogP contribution in [-0.4, -0.2) is 25.2 Å². The van der Waals surface area contributed by atoms with Gasteiger partial charge >= 0.3 is 18.9 Å². The van der Waals surface area contributed by atoms with Crippen LogP contribution in [0.15, 0.2) is 60.7 Å². The molecule has 2 aromatic rings. The van der Waals surface area contributed by atoms with E-state index in [-0.39, 0.29) is 34.5 Å². The number of rotatable bonds is 7. The summed E-state index contributed by atoms with van der Waals surface area (Å²) in [5.41, 5.74) is 1.12. The predicted octanol–water partition coefficient (Wildman–Crippen LogP) is 2.97. The van der Waals surface area contributed by atoms with Crippen LogP contribution in [0.5, 0.6) is 0 Å². The van der Waals surface area contributed by atoms with Crippen molar-refractivity contribution in [2.45, 2.75) is 64.3 Å². The Labute approximate surface area is 197 Å². The van der Waals surface area contributed by atoms with E-state index in [0.29, 0.717) is 5.41 Å². The van der Waals surface area contributed by atoms with Crippen LogP contribution in [0.4, 0.5) is 0 Å². The largest absolute Gasteiger partial charge is 1.00 e. The zero-order valence-electron chi connectivity index (χ0n) is 19.9. The van der Waals surface area contributed by atoms with Crippen LogP contribution < -0.4 is 29.5 Å². The smallest absolute Gasteiger partial charge is 1.00 e. The predicted molar refractivity (Wildman–Crippen MR) is 125 cm³/mol. The maximum atomic E-state index is 5.79. The number of benzene rings is 2. The minimum Gasteiger partial charge on any atom is -1.00 e. The molecule has 2 aliphatic rings. The summed E-state index contributed by atoms with van der Waals surface area (Å²) in [5.74, 6) is 0.786. The Hall–Kier alpha value is -0.613. The Bertz CT molecular complexity index is 713. The summed E-state index contributed by atoms with van der Waals surface area (Å²) in [5, 5.41) is 3.06. The molecule has 2 fully saturated rings. The molecule has 0 aromatic heterocycles. The summed E-state index contributed by atoms with van der Waals surface area (Å²) in [4.78, 5) is 0. The van der Waals surface area contributed by atoms with E-state index in [0.717, 1.165) is 37.6 Å². The molecule has 2 atom stereocenters. The average molecular weight is 418 g/mol. The van der Waals surface area contributed by atoms with Crippen LogP contribution in [0.25, 0.3) is 0 Å². The third-order valence-corrected chi connectivity index (χ3v) is 9.77. The zero-order chi connectivity index (χ0) is 20.1. The molecule has 2 unspecified atom stereocenters. The topological polar surface area (TPSA) is 18.5 Å². The van der Waals surface area contributed by atoms with Crippen LogP contribution in [0.1, 0.15) is 53.8 Å². The Morgan fingerprint density at radius 1 is 0.900 bits per heavy atom. The fourth-order valence-corrected chi connectivity index (χ4v) is 8.05. The maximum Gasteiger partial charge on any atom is 1.00 e. The molecule has 30 heavy (non-hydrogen) atoms. The summed E-state index contributed by atoms with van der Waals surface area (Å²) in [6.07, 6.45) is 7.31. The van der Waals surface area contributed by atoms with E-state index in [1.807, 2.05) is 0 Å². The van der Waals surface area contributed by atoms with Gasteiger partial charge in [-0.3, -0.25) is 0 Å². The van der Waals surface area contributed by atoms with E-state index in [1.54, 1.807) is 0 Å². The van der Waals surface area contributed by atoms with Crippen LogP contribution in [0, 0.1) is 11.3 Å². The van der Waals surface area contributed by atoms with Crippen LogP contribution in [0.3, 0.4) is 0 Å². The molecule has 158 valence electrons. The van der Waals surface area contributed by atoms with Gasteiger partial charge in [0, 0.05) is 0 Å². The molecule has 0 bridgehead atoms. The molecule has 1 saturated heterocycles. The molecular formula is C26H36LiO2P. The number of hydrogen-bond donors (Lipinski definition) is 0. The molecule has 2 aromatic carbocycles. The summed E-state index contributed by atoms with van der Waals surface area (Å²) >= 11 is 0. The molecule has 2 nitrogen and oxygen atoms in total. The van der Waals surface area contributed by atoms with E-state index in [9.17, 15) is 0 Å². The van der Waals surface area contributed by atoms with Gasteiger partial charge in [-0.25, -0.2) is 0 Å². The van der Waals surface area contributed by atoms with Crippen molar-refractivity contribution in [1.82, 2.24) is 0 Å². The third-order valence-electron chi connectivity index (χ3n) is 6.86. The van der Waals surface area contributed by atoms with Crippen LogP contribution in [-0.2, 0) is 9.47 Å². The van der Waals surface area contributed by atoms with Crippen molar-refractivity contribution in [3.05, 3.63) is 60.7 Å². The molecule has 4 heteroatoms. The van der Waals surface area contributed by atoms with Gasteiger partial charge in [0.1, 0.15) is 0 Å². The van der Waals surface area contributed by atoms with Gasteiger partial charge in [-0.2, -0.15) is 0 Å². The Morgan fingerprint density at radius 2 is 1.47 bits per heavy atom. The van der Waals surface area contributed by atoms with Crippen molar-refractivity contribution in [3.8, 4) is 0 Å². The summed E-state index contributed by atoms with van der Waals surface area (Å²) in [6.45, 7) is 6.65. The molecule has 0 N–H and O–H groups in total. The second-order valence-electron chi connectivity index (χ2n) is 9.26. The Kier molecular flexibility index (Phi) is 9.06. The number of ether oxygens (including phenoxy) is 2. The Morgan fingerprint density at radius 3 is 2.03 bits per heavy atom. The standard InChI is InChI=1S/C26H35O2P.Li.H/c1-26(2,17-16-25-27-18-9-19-28-25)21-14-15-24(20-21)29(22-10-5-3-6-11-22)23-12-7-4-8-13-23;;/h3-8,10-13,21,24-25H,9,14-20H2,1-2H3;;/q;+1;-1. The van der Waals surface area contributed by atoms with E-state index >= 15 is 0 Å². The van der Waals surface area contributed by atoms with Gasteiger partial charge in [0.05, 0.1) is 13.2 Å².